The second kappa shape index (κ2) is 11.7. The number of hydrogen-bond acceptors (Lipinski definition) is 4. The zero-order valence-electron chi connectivity index (χ0n) is 15.8. The average molecular weight is 456 g/mol. The Labute approximate surface area is 181 Å². The van der Waals surface area contributed by atoms with E-state index in [2.05, 4.69) is 5.32 Å². The summed E-state index contributed by atoms with van der Waals surface area (Å²) in [4.78, 5) is 20.5. The van der Waals surface area contributed by atoms with Crippen molar-refractivity contribution in [2.75, 3.05) is 13.1 Å². The molecule has 0 saturated carbocycles. The molecule has 3 N–H and O–H groups in total. The van der Waals surface area contributed by atoms with Gasteiger partial charge in [-0.2, -0.15) is 0 Å². The van der Waals surface area contributed by atoms with Gasteiger partial charge in [0.1, 0.15) is 11.6 Å². The molecular formula is C21H20ClF2NO4S. The van der Waals surface area contributed by atoms with Crippen LogP contribution < -0.4 is 5.32 Å². The molecule has 0 aromatic heterocycles. The van der Waals surface area contributed by atoms with Gasteiger partial charge < -0.3 is 15.5 Å². The van der Waals surface area contributed by atoms with Gasteiger partial charge in [-0.25, -0.2) is 18.4 Å². The van der Waals surface area contributed by atoms with Crippen LogP contribution in [0.15, 0.2) is 58.3 Å². The van der Waals surface area contributed by atoms with Crippen LogP contribution in [0.1, 0.15) is 24.3 Å². The van der Waals surface area contributed by atoms with E-state index in [4.69, 9.17) is 21.8 Å². The summed E-state index contributed by atoms with van der Waals surface area (Å²) in [6.45, 7) is 1.86. The van der Waals surface area contributed by atoms with Gasteiger partial charge >= 0.3 is 11.9 Å². The van der Waals surface area contributed by atoms with Crippen molar-refractivity contribution in [2.45, 2.75) is 28.6 Å². The summed E-state index contributed by atoms with van der Waals surface area (Å²) in [5, 5.41) is 19.3. The summed E-state index contributed by atoms with van der Waals surface area (Å²) < 4.78 is 27.7. The van der Waals surface area contributed by atoms with Crippen molar-refractivity contribution in [3.05, 3.63) is 70.8 Å². The first-order valence-corrected chi connectivity index (χ1v) is 10.2. The van der Waals surface area contributed by atoms with E-state index in [1.54, 1.807) is 24.3 Å². The fraction of sp³-hybridized carbons (Fsp3) is 0.238. The number of carboxylic acids is 2. The van der Waals surface area contributed by atoms with E-state index in [9.17, 15) is 18.4 Å². The first kappa shape index (κ1) is 23.9. The van der Waals surface area contributed by atoms with Crippen LogP contribution in [0.4, 0.5) is 8.78 Å². The van der Waals surface area contributed by atoms with Gasteiger partial charge in [0.2, 0.25) is 0 Å². The Balaban J connectivity index is 0.000000343. The number of piperidine rings is 1. The largest absolute Gasteiger partial charge is 0.478 e. The monoisotopic (exact) mass is 455 g/mol. The van der Waals surface area contributed by atoms with Crippen molar-refractivity contribution < 1.29 is 28.6 Å². The molecule has 160 valence electrons. The Bertz CT molecular complexity index is 917. The summed E-state index contributed by atoms with van der Waals surface area (Å²) in [7, 11) is 0. The lowest BCUT2D eigenvalue weighted by molar-refractivity contribution is -0.134. The van der Waals surface area contributed by atoms with Crippen LogP contribution in [0, 0.1) is 11.6 Å². The van der Waals surface area contributed by atoms with E-state index in [0.29, 0.717) is 28.0 Å². The van der Waals surface area contributed by atoms with E-state index in [-0.39, 0.29) is 11.6 Å². The van der Waals surface area contributed by atoms with Crippen molar-refractivity contribution in [3.8, 4) is 0 Å². The molecule has 0 aliphatic carbocycles. The number of carboxylic acid groups (broad SMARTS) is 2. The van der Waals surface area contributed by atoms with Crippen molar-refractivity contribution in [1.29, 1.82) is 0 Å². The number of benzene rings is 2. The second-order valence-electron chi connectivity index (χ2n) is 6.39. The van der Waals surface area contributed by atoms with Gasteiger partial charge in [0.05, 0.1) is 0 Å². The maximum Gasteiger partial charge on any atom is 0.328 e. The first-order valence-electron chi connectivity index (χ1n) is 9.03. The third kappa shape index (κ3) is 7.78. The third-order valence-electron chi connectivity index (χ3n) is 4.23. The van der Waals surface area contributed by atoms with Crippen LogP contribution in [-0.4, -0.2) is 35.2 Å². The highest BCUT2D eigenvalue weighted by atomic mass is 35.5. The Kier molecular flexibility index (Phi) is 9.29. The molecule has 0 unspecified atom stereocenters. The molecule has 1 aliphatic heterocycles. The molecule has 0 amide bonds. The molecule has 2 aromatic carbocycles. The molecule has 0 atom stereocenters. The average Bonchev–Trinajstić information content (AvgIpc) is 2.71. The number of rotatable bonds is 5. The van der Waals surface area contributed by atoms with Gasteiger partial charge in [0, 0.05) is 27.0 Å². The summed E-state index contributed by atoms with van der Waals surface area (Å²) in [5.74, 6) is -2.79. The quantitative estimate of drug-likeness (QED) is 0.553. The minimum Gasteiger partial charge on any atom is -0.478 e. The Morgan fingerprint density at radius 3 is 2.17 bits per heavy atom. The molecule has 1 saturated heterocycles. The Morgan fingerprint density at radius 1 is 1.00 bits per heavy atom. The zero-order chi connectivity index (χ0) is 22.1. The SMILES string of the molecule is Fc1ccc(Sc2ccc(Cl)cc2F)c(C2CCNCC2)c1.O=C(O)/C=C/C(=O)O. The fourth-order valence-corrected chi connectivity index (χ4v) is 4.05. The second-order valence-corrected chi connectivity index (χ2v) is 7.91. The topological polar surface area (TPSA) is 86.6 Å². The lowest BCUT2D eigenvalue weighted by Gasteiger charge is -2.25. The van der Waals surface area contributed by atoms with Gasteiger partial charge in [-0.05, 0) is 73.8 Å². The highest BCUT2D eigenvalue weighted by Gasteiger charge is 2.20. The molecule has 0 spiro atoms. The van der Waals surface area contributed by atoms with Gasteiger partial charge in [-0.1, -0.05) is 23.4 Å². The molecule has 0 radical (unpaired) electrons. The molecule has 3 rings (SSSR count). The standard InChI is InChI=1S/C17H16ClF2NS.C4H4O4/c18-12-1-3-17(15(20)9-12)22-16-4-2-13(19)10-14(16)11-5-7-21-8-6-11;5-3(6)1-2-4(7)8/h1-4,9-11,21H,5-8H2;1-2H,(H,5,6)(H,7,8)/b;2-1+. The summed E-state index contributed by atoms with van der Waals surface area (Å²) in [5.41, 5.74) is 0.973. The minimum atomic E-state index is -1.26. The lowest BCUT2D eigenvalue weighted by atomic mass is 9.90. The number of carbonyl (C=O) groups is 2. The van der Waals surface area contributed by atoms with Crippen LogP contribution >= 0.6 is 23.4 Å². The smallest absolute Gasteiger partial charge is 0.328 e. The van der Waals surface area contributed by atoms with Gasteiger partial charge in [-0.15, -0.1) is 0 Å². The Morgan fingerprint density at radius 2 is 1.60 bits per heavy atom. The summed E-state index contributed by atoms with van der Waals surface area (Å²) in [6.07, 6.45) is 3.06. The predicted molar refractivity (Wildman–Crippen MR) is 111 cm³/mol. The molecule has 1 heterocycles. The van der Waals surface area contributed by atoms with Gasteiger partial charge in [0.25, 0.3) is 0 Å². The highest BCUT2D eigenvalue weighted by Crippen LogP contribution is 2.38. The predicted octanol–water partition coefficient (Wildman–Crippen LogP) is 4.95. The normalized spacial score (nSPS) is 14.2. The van der Waals surface area contributed by atoms with E-state index in [1.807, 2.05) is 0 Å². The minimum absolute atomic E-state index is 0.241. The number of hydrogen-bond donors (Lipinski definition) is 3. The fourth-order valence-electron chi connectivity index (χ4n) is 2.88. The van der Waals surface area contributed by atoms with Crippen LogP contribution in [0.25, 0.3) is 0 Å². The molecule has 0 bridgehead atoms. The maximum atomic E-state index is 14.0. The van der Waals surface area contributed by atoms with Gasteiger partial charge in [0.15, 0.2) is 0 Å². The van der Waals surface area contributed by atoms with Crippen LogP contribution in [-0.2, 0) is 9.59 Å². The van der Waals surface area contributed by atoms with Crippen molar-refractivity contribution in [1.82, 2.24) is 5.32 Å². The van der Waals surface area contributed by atoms with Gasteiger partial charge in [-0.3, -0.25) is 0 Å². The molecule has 30 heavy (non-hydrogen) atoms. The zero-order valence-corrected chi connectivity index (χ0v) is 17.4. The summed E-state index contributed by atoms with van der Waals surface area (Å²) in [6, 6.07) is 9.40. The summed E-state index contributed by atoms with van der Waals surface area (Å²) >= 11 is 7.12. The Hall–Kier alpha value is -2.42. The molecule has 9 heteroatoms. The third-order valence-corrected chi connectivity index (χ3v) is 5.61. The van der Waals surface area contributed by atoms with Crippen LogP contribution in [0.2, 0.25) is 5.02 Å². The van der Waals surface area contributed by atoms with E-state index in [1.165, 1.54) is 23.9 Å². The van der Waals surface area contributed by atoms with Crippen molar-refractivity contribution in [2.24, 2.45) is 0 Å². The molecule has 1 fully saturated rings. The maximum absolute atomic E-state index is 14.0. The number of halogens is 3. The van der Waals surface area contributed by atoms with Crippen molar-refractivity contribution >= 4 is 35.3 Å². The van der Waals surface area contributed by atoms with E-state index >= 15 is 0 Å². The highest BCUT2D eigenvalue weighted by molar-refractivity contribution is 7.99. The molecule has 5 nitrogen and oxygen atoms in total. The first-order chi connectivity index (χ1) is 14.3. The van der Waals surface area contributed by atoms with Crippen molar-refractivity contribution in [3.63, 3.8) is 0 Å². The van der Waals surface area contributed by atoms with E-state index in [0.717, 1.165) is 36.4 Å². The van der Waals surface area contributed by atoms with E-state index < -0.39 is 11.9 Å². The number of aliphatic carboxylic acids is 2. The number of nitrogens with one attached hydrogen (secondary N) is 1. The molecule has 2 aromatic rings. The lowest BCUT2D eigenvalue weighted by Crippen LogP contribution is -2.26. The van der Waals surface area contributed by atoms with Crippen LogP contribution in [0.3, 0.4) is 0 Å². The van der Waals surface area contributed by atoms with Crippen LogP contribution in [0.5, 0.6) is 0 Å². The molecular weight excluding hydrogens is 436 g/mol. The molecule has 1 aliphatic rings.